The molecule has 1 aromatic heterocycles. The molecule has 1 saturated heterocycles. The Morgan fingerprint density at radius 1 is 1.28 bits per heavy atom. The number of anilines is 1. The summed E-state index contributed by atoms with van der Waals surface area (Å²) in [5, 5.41) is 3.42. The third-order valence-electron chi connectivity index (χ3n) is 6.35. The number of likely N-dealkylation sites (tertiary alicyclic amines) is 1. The number of nitrogens with zero attached hydrogens (tertiary/aromatic N) is 4. The van der Waals surface area contributed by atoms with Crippen molar-refractivity contribution in [3.8, 4) is 0 Å². The molecule has 0 saturated carbocycles. The average molecular weight is 456 g/mol. The van der Waals surface area contributed by atoms with E-state index in [9.17, 15) is 9.59 Å². The Kier molecular flexibility index (Phi) is 6.67. The number of nitrogens with one attached hydrogen (secondary N) is 1. The molecule has 7 nitrogen and oxygen atoms in total. The second-order valence-electron chi connectivity index (χ2n) is 8.73. The molecule has 4 rings (SSSR count). The maximum atomic E-state index is 12.9. The summed E-state index contributed by atoms with van der Waals surface area (Å²) in [5.41, 5.74) is 1.94. The molecule has 1 N–H and O–H groups in total. The van der Waals surface area contributed by atoms with Crippen molar-refractivity contribution in [1.82, 2.24) is 19.4 Å². The number of imidazole rings is 1. The van der Waals surface area contributed by atoms with E-state index in [4.69, 9.17) is 11.6 Å². The van der Waals surface area contributed by atoms with Gasteiger partial charge in [0, 0.05) is 18.7 Å². The van der Waals surface area contributed by atoms with Gasteiger partial charge in [-0.15, -0.1) is 0 Å². The van der Waals surface area contributed by atoms with Crippen LogP contribution in [0.2, 0.25) is 5.02 Å². The zero-order chi connectivity index (χ0) is 22.8. The molecule has 2 aliphatic rings. The summed E-state index contributed by atoms with van der Waals surface area (Å²) in [6.45, 7) is 9.11. The second-order valence-corrected chi connectivity index (χ2v) is 9.11. The molecule has 0 aliphatic carbocycles. The number of fused-ring (bicyclic) bond motifs is 1. The highest BCUT2D eigenvalue weighted by Gasteiger charge is 2.29. The largest absolute Gasteiger partial charge is 0.330 e. The number of benzene rings is 1. The van der Waals surface area contributed by atoms with E-state index >= 15 is 0 Å². The minimum Gasteiger partial charge on any atom is -0.330 e. The summed E-state index contributed by atoms with van der Waals surface area (Å²) in [5.74, 6) is 0.426. The highest BCUT2D eigenvalue weighted by atomic mass is 35.5. The van der Waals surface area contributed by atoms with Gasteiger partial charge < -0.3 is 14.8 Å². The fourth-order valence-corrected chi connectivity index (χ4v) is 4.68. The van der Waals surface area contributed by atoms with Crippen molar-refractivity contribution in [3.05, 3.63) is 58.7 Å². The number of amides is 2. The molecule has 0 radical (unpaired) electrons. The van der Waals surface area contributed by atoms with Crippen molar-refractivity contribution in [2.45, 2.75) is 52.2 Å². The lowest BCUT2D eigenvalue weighted by molar-refractivity contribution is -0.128. The van der Waals surface area contributed by atoms with Gasteiger partial charge in [0.1, 0.15) is 11.5 Å². The molecule has 3 heterocycles. The van der Waals surface area contributed by atoms with E-state index in [1.165, 1.54) is 12.8 Å². The summed E-state index contributed by atoms with van der Waals surface area (Å²) < 4.78 is 1.92. The molecule has 2 aliphatic heterocycles. The Hall–Kier alpha value is -2.64. The minimum atomic E-state index is -0.262. The van der Waals surface area contributed by atoms with Crippen LogP contribution in [0.15, 0.2) is 36.5 Å². The first-order chi connectivity index (χ1) is 15.3. The number of aryl methyl sites for hydroxylation is 1. The number of carbonyl (C=O) groups is 2. The lowest BCUT2D eigenvalue weighted by Crippen LogP contribution is -2.40. The van der Waals surface area contributed by atoms with E-state index in [1.807, 2.05) is 36.6 Å². The fraction of sp³-hybridized carbons (Fsp3) is 0.458. The van der Waals surface area contributed by atoms with Crippen molar-refractivity contribution in [2.75, 3.05) is 25.0 Å². The van der Waals surface area contributed by atoms with Crippen LogP contribution in [0.1, 0.15) is 54.6 Å². The van der Waals surface area contributed by atoms with Crippen LogP contribution >= 0.6 is 11.6 Å². The summed E-state index contributed by atoms with van der Waals surface area (Å²) in [4.78, 5) is 34.4. The molecule has 2 aromatic rings. The molecule has 8 heteroatoms. The molecule has 1 fully saturated rings. The van der Waals surface area contributed by atoms with E-state index in [2.05, 4.69) is 22.1 Å². The number of hydrogen-bond acceptors (Lipinski definition) is 4. The molecule has 32 heavy (non-hydrogen) atoms. The first-order valence-corrected chi connectivity index (χ1v) is 11.6. The molecule has 1 aromatic carbocycles. The summed E-state index contributed by atoms with van der Waals surface area (Å²) in [6.07, 6.45) is 7.70. The zero-order valence-corrected chi connectivity index (χ0v) is 19.6. The van der Waals surface area contributed by atoms with Crippen molar-refractivity contribution in [3.63, 3.8) is 0 Å². The Balaban J connectivity index is 1.45. The van der Waals surface area contributed by atoms with Gasteiger partial charge in [0.05, 0.1) is 29.5 Å². The third kappa shape index (κ3) is 4.59. The van der Waals surface area contributed by atoms with Gasteiger partial charge in [0.25, 0.3) is 5.91 Å². The SMILES string of the molecule is Cc1cccc(NC(=O)c2cnc3n2C(C)CN(C(=O)/C=C/C(C)N2CCCC2)C3)c1Cl. The van der Waals surface area contributed by atoms with Crippen molar-refractivity contribution >= 4 is 29.1 Å². The fourth-order valence-electron chi connectivity index (χ4n) is 4.51. The molecular weight excluding hydrogens is 426 g/mol. The maximum absolute atomic E-state index is 12.9. The smallest absolute Gasteiger partial charge is 0.273 e. The number of rotatable bonds is 5. The summed E-state index contributed by atoms with van der Waals surface area (Å²) in [7, 11) is 0. The molecule has 2 amide bonds. The predicted octanol–water partition coefficient (Wildman–Crippen LogP) is 4.04. The Labute approximate surface area is 194 Å². The van der Waals surface area contributed by atoms with E-state index in [0.717, 1.165) is 18.7 Å². The number of carbonyl (C=O) groups excluding carboxylic acids is 2. The molecule has 0 bridgehead atoms. The van der Waals surface area contributed by atoms with Crippen LogP contribution in [0.25, 0.3) is 0 Å². The Morgan fingerprint density at radius 2 is 2.03 bits per heavy atom. The van der Waals surface area contributed by atoms with E-state index in [0.29, 0.717) is 35.3 Å². The van der Waals surface area contributed by atoms with Crippen LogP contribution in [0.5, 0.6) is 0 Å². The van der Waals surface area contributed by atoms with E-state index < -0.39 is 0 Å². The molecule has 0 spiro atoms. The van der Waals surface area contributed by atoms with Crippen LogP contribution in [0, 0.1) is 6.92 Å². The van der Waals surface area contributed by atoms with Gasteiger partial charge >= 0.3 is 0 Å². The average Bonchev–Trinajstić information content (AvgIpc) is 3.45. The normalized spacial score (nSPS) is 19.9. The van der Waals surface area contributed by atoms with Gasteiger partial charge in [0.2, 0.25) is 5.91 Å². The monoisotopic (exact) mass is 455 g/mol. The molecule has 2 atom stereocenters. The predicted molar refractivity (Wildman–Crippen MR) is 126 cm³/mol. The second kappa shape index (κ2) is 9.46. The van der Waals surface area contributed by atoms with Crippen LogP contribution in [-0.2, 0) is 11.3 Å². The number of hydrogen-bond donors (Lipinski definition) is 1. The lowest BCUT2D eigenvalue weighted by atomic mass is 10.2. The maximum Gasteiger partial charge on any atom is 0.273 e. The van der Waals surface area contributed by atoms with Gasteiger partial charge in [-0.2, -0.15) is 0 Å². The third-order valence-corrected chi connectivity index (χ3v) is 6.85. The summed E-state index contributed by atoms with van der Waals surface area (Å²) in [6, 6.07) is 5.72. The van der Waals surface area contributed by atoms with E-state index in [1.54, 1.807) is 23.2 Å². The summed E-state index contributed by atoms with van der Waals surface area (Å²) >= 11 is 6.33. The molecule has 2 unspecified atom stereocenters. The topological polar surface area (TPSA) is 70.5 Å². The molecular formula is C24H30ClN5O2. The first kappa shape index (κ1) is 22.6. The van der Waals surface area contributed by atoms with Gasteiger partial charge in [-0.05, 0) is 58.3 Å². The van der Waals surface area contributed by atoms with E-state index in [-0.39, 0.29) is 23.9 Å². The van der Waals surface area contributed by atoms with Crippen LogP contribution in [0.3, 0.4) is 0 Å². The zero-order valence-electron chi connectivity index (χ0n) is 18.8. The molecule has 170 valence electrons. The Bertz CT molecular complexity index is 1040. The van der Waals surface area contributed by atoms with Gasteiger partial charge in [-0.3, -0.25) is 14.5 Å². The highest BCUT2D eigenvalue weighted by molar-refractivity contribution is 6.34. The quantitative estimate of drug-likeness (QED) is 0.691. The van der Waals surface area contributed by atoms with Crippen molar-refractivity contribution in [2.24, 2.45) is 0 Å². The van der Waals surface area contributed by atoms with Crippen LogP contribution in [0.4, 0.5) is 5.69 Å². The van der Waals surface area contributed by atoms with Gasteiger partial charge in [0.15, 0.2) is 0 Å². The van der Waals surface area contributed by atoms with Crippen molar-refractivity contribution < 1.29 is 9.59 Å². The first-order valence-electron chi connectivity index (χ1n) is 11.2. The van der Waals surface area contributed by atoms with Gasteiger partial charge in [-0.25, -0.2) is 4.98 Å². The van der Waals surface area contributed by atoms with Gasteiger partial charge in [-0.1, -0.05) is 29.8 Å². The van der Waals surface area contributed by atoms with Crippen molar-refractivity contribution in [1.29, 1.82) is 0 Å². The number of aromatic nitrogens is 2. The standard InChI is InChI=1S/C24H30ClN5O2/c1-16-7-6-8-19(23(16)25)27-24(32)20-13-26-21-15-29(14-18(3)30(20)21)22(31)10-9-17(2)28-11-4-5-12-28/h6-10,13,17-18H,4-5,11-12,14-15H2,1-3H3,(H,27,32)/b10-9+. The van der Waals surface area contributed by atoms with Crippen LogP contribution in [-0.4, -0.2) is 56.8 Å². The minimum absolute atomic E-state index is 0.0188. The highest BCUT2D eigenvalue weighted by Crippen LogP contribution is 2.27. The lowest BCUT2D eigenvalue weighted by Gasteiger charge is -2.32. The Morgan fingerprint density at radius 3 is 2.78 bits per heavy atom. The number of halogens is 1. The van der Waals surface area contributed by atoms with Crippen LogP contribution < -0.4 is 5.32 Å².